The van der Waals surface area contributed by atoms with E-state index in [1.807, 2.05) is 0 Å². The van der Waals surface area contributed by atoms with E-state index in [4.69, 9.17) is 9.47 Å². The Balaban J connectivity index is 3.45. The summed E-state index contributed by atoms with van der Waals surface area (Å²) in [6.07, 6.45) is 76.3. The minimum absolute atomic E-state index is 0.0662. The van der Waals surface area contributed by atoms with Gasteiger partial charge in [0.1, 0.15) is 6.61 Å². The van der Waals surface area contributed by atoms with Gasteiger partial charge in [-0.1, -0.05) is 267 Å². The van der Waals surface area contributed by atoms with Crippen molar-refractivity contribution in [2.75, 3.05) is 13.2 Å². The molecular weight excluding hydrogens is 813 g/mol. The first-order valence-corrected chi connectivity index (χ1v) is 28.8. The molecule has 0 saturated heterocycles. The van der Waals surface area contributed by atoms with Gasteiger partial charge in [0, 0.05) is 12.8 Å². The first-order chi connectivity index (χ1) is 32.6. The van der Waals surface area contributed by atoms with Crippen LogP contribution in [-0.2, 0) is 19.1 Å². The fraction of sp³-hybridized carbons (Fsp3) is 0.803. The average molecular weight is 924 g/mol. The number of esters is 2. The zero-order chi connectivity index (χ0) is 47.7. The highest BCUT2D eigenvalue weighted by molar-refractivity contribution is 5.70. The molecule has 5 nitrogen and oxygen atoms in total. The van der Waals surface area contributed by atoms with Crippen LogP contribution in [0.5, 0.6) is 0 Å². The minimum Gasteiger partial charge on any atom is -0.462 e. The van der Waals surface area contributed by atoms with E-state index in [1.165, 1.54) is 205 Å². The van der Waals surface area contributed by atoms with Crippen molar-refractivity contribution in [1.29, 1.82) is 0 Å². The third-order valence-corrected chi connectivity index (χ3v) is 12.8. The number of carbonyl (C=O) groups excluding carboxylic acids is 2. The molecule has 66 heavy (non-hydrogen) atoms. The second-order valence-corrected chi connectivity index (χ2v) is 19.3. The lowest BCUT2D eigenvalue weighted by atomic mass is 10.0. The predicted molar refractivity (Wildman–Crippen MR) is 288 cm³/mol. The molecule has 0 rings (SSSR count). The molecule has 0 fully saturated rings. The molecule has 0 aliphatic heterocycles. The Hall–Kier alpha value is -2.40. The second kappa shape index (κ2) is 56.9. The molecule has 1 N–H and O–H groups in total. The number of unbranched alkanes of at least 4 members (excludes halogenated alkanes) is 35. The van der Waals surface area contributed by atoms with Crippen LogP contribution in [0.15, 0.2) is 60.8 Å². The van der Waals surface area contributed by atoms with Gasteiger partial charge >= 0.3 is 11.9 Å². The smallest absolute Gasteiger partial charge is 0.306 e. The summed E-state index contributed by atoms with van der Waals surface area (Å²) in [5, 5.41) is 9.66. The lowest BCUT2D eigenvalue weighted by Gasteiger charge is -2.15. The van der Waals surface area contributed by atoms with E-state index in [1.54, 1.807) is 0 Å². The number of rotatable bonds is 53. The van der Waals surface area contributed by atoms with Crippen molar-refractivity contribution < 1.29 is 24.2 Å². The Labute approximate surface area is 411 Å². The molecule has 0 amide bonds. The van der Waals surface area contributed by atoms with Crippen LogP contribution in [0.2, 0.25) is 0 Å². The molecule has 0 aromatic heterocycles. The number of hydrogen-bond acceptors (Lipinski definition) is 5. The predicted octanol–water partition coefficient (Wildman–Crippen LogP) is 19.4. The van der Waals surface area contributed by atoms with Crippen molar-refractivity contribution in [3.05, 3.63) is 60.8 Å². The molecule has 1 unspecified atom stereocenters. The quantitative estimate of drug-likeness (QED) is 0.0374. The maximum Gasteiger partial charge on any atom is 0.306 e. The van der Waals surface area contributed by atoms with E-state index in [9.17, 15) is 14.7 Å². The number of carbonyl (C=O) groups is 2. The summed E-state index contributed by atoms with van der Waals surface area (Å²) >= 11 is 0. The molecule has 0 heterocycles. The van der Waals surface area contributed by atoms with Crippen molar-refractivity contribution in [3.63, 3.8) is 0 Å². The van der Waals surface area contributed by atoms with Crippen molar-refractivity contribution in [2.24, 2.45) is 0 Å². The molecule has 0 aliphatic carbocycles. The molecule has 0 aromatic rings. The molecule has 1 atom stereocenters. The fourth-order valence-electron chi connectivity index (χ4n) is 8.49. The minimum atomic E-state index is -0.776. The van der Waals surface area contributed by atoms with Crippen LogP contribution in [0.4, 0.5) is 0 Å². The van der Waals surface area contributed by atoms with Gasteiger partial charge in [0.05, 0.1) is 6.61 Å². The van der Waals surface area contributed by atoms with Crippen LogP contribution in [0, 0.1) is 0 Å². The van der Waals surface area contributed by atoms with Crippen LogP contribution in [0.1, 0.15) is 296 Å². The number of ether oxygens (including phenoxy) is 2. The van der Waals surface area contributed by atoms with E-state index >= 15 is 0 Å². The molecule has 384 valence electrons. The van der Waals surface area contributed by atoms with Crippen molar-refractivity contribution in [1.82, 2.24) is 0 Å². The lowest BCUT2D eigenvalue weighted by molar-refractivity contribution is -0.161. The fourth-order valence-corrected chi connectivity index (χ4v) is 8.49. The standard InChI is InChI=1S/C61H110O5/c1-3-5-7-9-11-13-15-17-19-21-23-25-27-28-29-30-31-32-34-35-37-39-41-43-45-47-49-51-53-55-60(63)65-58-59(57-62)66-61(64)56-54-52-50-48-46-44-42-40-38-36-33-26-24-22-20-18-16-14-12-10-8-6-4-2/h6,8,12,14,18,20-21,23-24,26,59,62H,3-5,7,9-11,13,15-17,19,22,25,27-58H2,1-2H3/b8-6-,14-12-,20-18-,23-21-,26-24-. The number of hydrogen-bond donors (Lipinski definition) is 1. The number of allylic oxidation sites excluding steroid dienone is 10. The van der Waals surface area contributed by atoms with Gasteiger partial charge in [-0.15, -0.1) is 0 Å². The van der Waals surface area contributed by atoms with Gasteiger partial charge in [-0.05, 0) is 77.0 Å². The summed E-state index contributed by atoms with van der Waals surface area (Å²) in [4.78, 5) is 24.5. The lowest BCUT2D eigenvalue weighted by Crippen LogP contribution is -2.28. The van der Waals surface area contributed by atoms with Crippen LogP contribution < -0.4 is 0 Å². The van der Waals surface area contributed by atoms with E-state index < -0.39 is 6.10 Å². The third kappa shape index (κ3) is 54.2. The van der Waals surface area contributed by atoms with E-state index in [0.29, 0.717) is 12.8 Å². The van der Waals surface area contributed by atoms with Gasteiger partial charge in [0.15, 0.2) is 6.10 Å². The van der Waals surface area contributed by atoms with Crippen LogP contribution in [0.25, 0.3) is 0 Å². The van der Waals surface area contributed by atoms with Gasteiger partial charge < -0.3 is 14.6 Å². The molecule has 0 bridgehead atoms. The van der Waals surface area contributed by atoms with Gasteiger partial charge in [0.2, 0.25) is 0 Å². The van der Waals surface area contributed by atoms with Gasteiger partial charge in [0.25, 0.3) is 0 Å². The number of aliphatic hydroxyl groups excluding tert-OH is 1. The Bertz CT molecular complexity index is 1130. The highest BCUT2D eigenvalue weighted by Gasteiger charge is 2.16. The summed E-state index contributed by atoms with van der Waals surface area (Å²) < 4.78 is 10.7. The Morgan fingerprint density at radius 3 is 1.00 bits per heavy atom. The van der Waals surface area contributed by atoms with Crippen LogP contribution >= 0.6 is 0 Å². The first kappa shape index (κ1) is 63.6. The van der Waals surface area contributed by atoms with E-state index in [2.05, 4.69) is 74.6 Å². The summed E-state index contributed by atoms with van der Waals surface area (Å²) in [6.45, 7) is 4.06. The molecule has 0 saturated carbocycles. The largest absolute Gasteiger partial charge is 0.462 e. The zero-order valence-corrected chi connectivity index (χ0v) is 44.0. The summed E-state index contributed by atoms with van der Waals surface area (Å²) in [6, 6.07) is 0. The maximum atomic E-state index is 12.3. The summed E-state index contributed by atoms with van der Waals surface area (Å²) in [5.41, 5.74) is 0. The number of aliphatic hydroxyl groups is 1. The Kier molecular flexibility index (Phi) is 54.9. The zero-order valence-electron chi connectivity index (χ0n) is 44.0. The summed E-state index contributed by atoms with van der Waals surface area (Å²) in [7, 11) is 0. The maximum absolute atomic E-state index is 12.3. The summed E-state index contributed by atoms with van der Waals surface area (Å²) in [5.74, 6) is -0.584. The van der Waals surface area contributed by atoms with Gasteiger partial charge in [-0.2, -0.15) is 0 Å². The SMILES string of the molecule is CC/C=C\C/C=C\C/C=C\C/C=C\CCCCCCCCCCCCC(=O)OC(CO)COC(=O)CCCCCCCCCCCCCCCCCCC/C=C\CCCCCCCCCC. The van der Waals surface area contributed by atoms with Crippen molar-refractivity contribution in [2.45, 2.75) is 302 Å². The van der Waals surface area contributed by atoms with Gasteiger partial charge in [-0.3, -0.25) is 9.59 Å². The van der Waals surface area contributed by atoms with Crippen molar-refractivity contribution >= 4 is 11.9 Å². The normalized spacial score (nSPS) is 12.6. The highest BCUT2D eigenvalue weighted by atomic mass is 16.6. The Morgan fingerprint density at radius 2 is 0.652 bits per heavy atom. The Morgan fingerprint density at radius 1 is 0.364 bits per heavy atom. The first-order valence-electron chi connectivity index (χ1n) is 28.8. The molecule has 5 heteroatoms. The molecule has 0 spiro atoms. The molecule has 0 aliphatic rings. The van der Waals surface area contributed by atoms with Crippen LogP contribution in [0.3, 0.4) is 0 Å². The topological polar surface area (TPSA) is 72.8 Å². The average Bonchev–Trinajstić information content (AvgIpc) is 3.32. The van der Waals surface area contributed by atoms with E-state index in [-0.39, 0.29) is 25.2 Å². The van der Waals surface area contributed by atoms with E-state index in [0.717, 1.165) is 64.2 Å². The highest BCUT2D eigenvalue weighted by Crippen LogP contribution is 2.17. The van der Waals surface area contributed by atoms with Gasteiger partial charge in [-0.25, -0.2) is 0 Å². The molecule has 0 radical (unpaired) electrons. The van der Waals surface area contributed by atoms with Crippen molar-refractivity contribution in [3.8, 4) is 0 Å². The second-order valence-electron chi connectivity index (χ2n) is 19.3. The molecular formula is C61H110O5. The third-order valence-electron chi connectivity index (χ3n) is 12.8. The monoisotopic (exact) mass is 923 g/mol. The molecule has 0 aromatic carbocycles. The van der Waals surface area contributed by atoms with Crippen LogP contribution in [-0.4, -0.2) is 36.4 Å².